The van der Waals surface area contributed by atoms with E-state index in [1.54, 1.807) is 0 Å². The number of carbonyl (C=O) groups excluding carboxylic acids is 1. The van der Waals surface area contributed by atoms with Gasteiger partial charge in [-0.3, -0.25) is 4.79 Å². The Morgan fingerprint density at radius 2 is 2.12 bits per heavy atom. The van der Waals surface area contributed by atoms with Crippen LogP contribution in [0.4, 0.5) is 5.69 Å². The van der Waals surface area contributed by atoms with Crippen molar-refractivity contribution in [2.45, 2.75) is 12.8 Å². The van der Waals surface area contributed by atoms with E-state index < -0.39 is 0 Å². The SMILES string of the molecule is O=C(CNc1cccc(Cl)c1)N1CCCC1. The fraction of sp³-hybridized carbons (Fsp3) is 0.417. The summed E-state index contributed by atoms with van der Waals surface area (Å²) in [6.07, 6.45) is 2.26. The van der Waals surface area contributed by atoms with Crippen LogP contribution < -0.4 is 5.32 Å². The van der Waals surface area contributed by atoms with Crippen LogP contribution in [0.15, 0.2) is 24.3 Å². The number of hydrogen-bond acceptors (Lipinski definition) is 2. The Morgan fingerprint density at radius 1 is 1.38 bits per heavy atom. The number of anilines is 1. The summed E-state index contributed by atoms with van der Waals surface area (Å²) >= 11 is 5.85. The molecule has 0 saturated carbocycles. The van der Waals surface area contributed by atoms with Gasteiger partial charge in [-0.15, -0.1) is 0 Å². The maximum Gasteiger partial charge on any atom is 0.241 e. The van der Waals surface area contributed by atoms with Crippen LogP contribution >= 0.6 is 11.6 Å². The molecule has 1 aliphatic rings. The van der Waals surface area contributed by atoms with Crippen molar-refractivity contribution in [3.63, 3.8) is 0 Å². The van der Waals surface area contributed by atoms with E-state index >= 15 is 0 Å². The number of nitrogens with one attached hydrogen (secondary N) is 1. The van der Waals surface area contributed by atoms with Gasteiger partial charge < -0.3 is 10.2 Å². The Labute approximate surface area is 100 Å². The number of carbonyl (C=O) groups is 1. The van der Waals surface area contributed by atoms with Crippen LogP contribution in [-0.2, 0) is 4.79 Å². The van der Waals surface area contributed by atoms with Crippen molar-refractivity contribution in [3.8, 4) is 0 Å². The summed E-state index contributed by atoms with van der Waals surface area (Å²) in [7, 11) is 0. The van der Waals surface area contributed by atoms with Crippen LogP contribution in [0.3, 0.4) is 0 Å². The molecule has 0 aliphatic carbocycles. The molecule has 1 saturated heterocycles. The summed E-state index contributed by atoms with van der Waals surface area (Å²) in [5.74, 6) is 0.164. The van der Waals surface area contributed by atoms with Gasteiger partial charge >= 0.3 is 0 Å². The standard InChI is InChI=1S/C12H15ClN2O/c13-10-4-3-5-11(8-10)14-9-12(16)15-6-1-2-7-15/h3-5,8,14H,1-2,6-7,9H2. The smallest absolute Gasteiger partial charge is 0.241 e. The molecule has 3 nitrogen and oxygen atoms in total. The summed E-state index contributed by atoms with van der Waals surface area (Å²) in [4.78, 5) is 13.6. The van der Waals surface area contributed by atoms with Crippen molar-refractivity contribution in [3.05, 3.63) is 29.3 Å². The molecular formula is C12H15ClN2O. The van der Waals surface area contributed by atoms with Crippen molar-refractivity contribution < 1.29 is 4.79 Å². The van der Waals surface area contributed by atoms with Gasteiger partial charge in [-0.2, -0.15) is 0 Å². The lowest BCUT2D eigenvalue weighted by Gasteiger charge is -2.15. The van der Waals surface area contributed by atoms with Crippen LogP contribution in [0, 0.1) is 0 Å². The highest BCUT2D eigenvalue weighted by atomic mass is 35.5. The Morgan fingerprint density at radius 3 is 2.81 bits per heavy atom. The van der Waals surface area contributed by atoms with Crippen molar-refractivity contribution in [1.29, 1.82) is 0 Å². The summed E-state index contributed by atoms with van der Waals surface area (Å²) in [6, 6.07) is 7.40. The summed E-state index contributed by atoms with van der Waals surface area (Å²) in [6.45, 7) is 2.15. The van der Waals surface area contributed by atoms with E-state index in [4.69, 9.17) is 11.6 Å². The highest BCUT2D eigenvalue weighted by Gasteiger charge is 2.16. The monoisotopic (exact) mass is 238 g/mol. The van der Waals surface area contributed by atoms with E-state index in [9.17, 15) is 4.79 Å². The predicted molar refractivity (Wildman–Crippen MR) is 65.8 cm³/mol. The zero-order valence-corrected chi connectivity index (χ0v) is 9.83. The summed E-state index contributed by atoms with van der Waals surface area (Å²) in [5.41, 5.74) is 0.889. The average molecular weight is 239 g/mol. The number of nitrogens with zero attached hydrogens (tertiary/aromatic N) is 1. The average Bonchev–Trinajstić information content (AvgIpc) is 2.79. The Bertz CT molecular complexity index is 375. The highest BCUT2D eigenvalue weighted by Crippen LogP contribution is 2.15. The fourth-order valence-corrected chi connectivity index (χ4v) is 2.04. The van der Waals surface area contributed by atoms with Crippen molar-refractivity contribution in [1.82, 2.24) is 4.90 Å². The van der Waals surface area contributed by atoms with E-state index in [0.717, 1.165) is 31.6 Å². The molecule has 0 unspecified atom stereocenters. The zero-order valence-electron chi connectivity index (χ0n) is 9.08. The van der Waals surface area contributed by atoms with Gasteiger partial charge in [0.15, 0.2) is 0 Å². The van der Waals surface area contributed by atoms with Crippen LogP contribution in [-0.4, -0.2) is 30.4 Å². The molecular weight excluding hydrogens is 224 g/mol. The molecule has 16 heavy (non-hydrogen) atoms. The minimum absolute atomic E-state index is 0.164. The van der Waals surface area contributed by atoms with Crippen molar-refractivity contribution in [2.24, 2.45) is 0 Å². The molecule has 86 valence electrons. The third-order valence-electron chi connectivity index (χ3n) is 2.73. The number of rotatable bonds is 3. The van der Waals surface area contributed by atoms with Crippen molar-refractivity contribution >= 4 is 23.2 Å². The van der Waals surface area contributed by atoms with Gasteiger partial charge in [0, 0.05) is 23.8 Å². The van der Waals surface area contributed by atoms with Gasteiger partial charge in [0.2, 0.25) is 5.91 Å². The first kappa shape index (κ1) is 11.3. The van der Waals surface area contributed by atoms with E-state index in [-0.39, 0.29) is 5.91 Å². The largest absolute Gasteiger partial charge is 0.376 e. The number of benzene rings is 1. The minimum Gasteiger partial charge on any atom is -0.376 e. The molecule has 4 heteroatoms. The molecule has 1 N–H and O–H groups in total. The number of amides is 1. The van der Waals surface area contributed by atoms with Crippen LogP contribution in [0.5, 0.6) is 0 Å². The van der Waals surface area contributed by atoms with Gasteiger partial charge in [0.1, 0.15) is 0 Å². The van der Waals surface area contributed by atoms with Gasteiger partial charge in [-0.05, 0) is 31.0 Å². The molecule has 0 atom stereocenters. The molecule has 0 bridgehead atoms. The summed E-state index contributed by atoms with van der Waals surface area (Å²) < 4.78 is 0. The van der Waals surface area contributed by atoms with Gasteiger partial charge in [-0.25, -0.2) is 0 Å². The van der Waals surface area contributed by atoms with Crippen LogP contribution in [0.1, 0.15) is 12.8 Å². The Hall–Kier alpha value is -1.22. The molecule has 0 aromatic heterocycles. The maximum absolute atomic E-state index is 11.7. The second-order valence-corrected chi connectivity index (χ2v) is 4.39. The second kappa shape index (κ2) is 5.21. The van der Waals surface area contributed by atoms with E-state index in [0.29, 0.717) is 11.6 Å². The quantitative estimate of drug-likeness (QED) is 0.877. The molecule has 1 amide bonds. The number of hydrogen-bond donors (Lipinski definition) is 1. The van der Waals surface area contributed by atoms with Crippen LogP contribution in [0.25, 0.3) is 0 Å². The lowest BCUT2D eigenvalue weighted by Crippen LogP contribution is -2.32. The molecule has 0 radical (unpaired) electrons. The van der Waals surface area contributed by atoms with Gasteiger partial charge in [0.05, 0.1) is 6.54 Å². The van der Waals surface area contributed by atoms with E-state index in [1.807, 2.05) is 29.2 Å². The highest BCUT2D eigenvalue weighted by molar-refractivity contribution is 6.30. The molecule has 1 aromatic rings. The van der Waals surface area contributed by atoms with Crippen molar-refractivity contribution in [2.75, 3.05) is 25.0 Å². The normalized spacial score (nSPS) is 15.2. The molecule has 1 aliphatic heterocycles. The third-order valence-corrected chi connectivity index (χ3v) is 2.96. The molecule has 1 aromatic carbocycles. The predicted octanol–water partition coefficient (Wildman–Crippen LogP) is 2.37. The van der Waals surface area contributed by atoms with E-state index in [2.05, 4.69) is 5.32 Å². The second-order valence-electron chi connectivity index (χ2n) is 3.95. The molecule has 0 spiro atoms. The van der Waals surface area contributed by atoms with Gasteiger partial charge in [0.25, 0.3) is 0 Å². The minimum atomic E-state index is 0.164. The summed E-state index contributed by atoms with van der Waals surface area (Å²) in [5, 5.41) is 3.77. The first-order chi connectivity index (χ1) is 7.75. The lowest BCUT2D eigenvalue weighted by molar-refractivity contribution is -0.128. The molecule has 1 fully saturated rings. The molecule has 2 rings (SSSR count). The first-order valence-electron chi connectivity index (χ1n) is 5.53. The Balaban J connectivity index is 1.84. The van der Waals surface area contributed by atoms with E-state index in [1.165, 1.54) is 0 Å². The Kier molecular flexibility index (Phi) is 3.67. The fourth-order valence-electron chi connectivity index (χ4n) is 1.85. The van der Waals surface area contributed by atoms with Crippen LogP contribution in [0.2, 0.25) is 5.02 Å². The number of halogens is 1. The third kappa shape index (κ3) is 2.89. The zero-order chi connectivity index (χ0) is 11.4. The molecule has 1 heterocycles. The van der Waals surface area contributed by atoms with Gasteiger partial charge in [-0.1, -0.05) is 17.7 Å². The number of likely N-dealkylation sites (tertiary alicyclic amines) is 1. The first-order valence-corrected chi connectivity index (χ1v) is 5.91. The topological polar surface area (TPSA) is 32.3 Å². The lowest BCUT2D eigenvalue weighted by atomic mass is 10.3. The maximum atomic E-state index is 11.7.